The van der Waals surface area contributed by atoms with Gasteiger partial charge in [0.2, 0.25) is 0 Å². The molecule has 3 nitrogen and oxygen atoms in total. The van der Waals surface area contributed by atoms with Gasteiger partial charge in [-0.15, -0.1) is 24.5 Å². The zero-order valence-corrected chi connectivity index (χ0v) is 12.7. The first-order valence-electron chi connectivity index (χ1n) is 6.68. The quantitative estimate of drug-likeness (QED) is 0.657. The highest BCUT2D eigenvalue weighted by atomic mass is 32.1. The molecule has 1 aromatic heterocycles. The Hall–Kier alpha value is -2.61. The second-order valence-corrected chi connectivity index (χ2v) is 5.84. The molecule has 0 bridgehead atoms. The Morgan fingerprint density at radius 2 is 1.83 bits per heavy atom. The molecule has 0 aliphatic heterocycles. The van der Waals surface area contributed by atoms with E-state index in [4.69, 9.17) is 0 Å². The van der Waals surface area contributed by atoms with E-state index in [1.165, 1.54) is 36.4 Å². The van der Waals surface area contributed by atoms with Crippen molar-refractivity contribution < 1.29 is 27.1 Å². The van der Waals surface area contributed by atoms with Crippen molar-refractivity contribution in [2.24, 2.45) is 0 Å². The lowest BCUT2D eigenvalue weighted by Crippen LogP contribution is -2.19. The minimum Gasteiger partial charge on any atom is -0.404 e. The van der Waals surface area contributed by atoms with Gasteiger partial charge in [0.15, 0.2) is 5.75 Å². The Kier molecular flexibility index (Phi) is 4.15. The highest BCUT2D eigenvalue weighted by Crippen LogP contribution is 2.32. The summed E-state index contributed by atoms with van der Waals surface area (Å²) in [4.78, 5) is 12.4. The second-order valence-electron chi connectivity index (χ2n) is 4.76. The number of ether oxygens (including phenoxy) is 1. The number of alkyl halides is 3. The van der Waals surface area contributed by atoms with Gasteiger partial charge < -0.3 is 10.1 Å². The zero-order chi connectivity index (χ0) is 17.3. The molecule has 0 saturated carbocycles. The fourth-order valence-corrected chi connectivity index (χ4v) is 3.08. The van der Waals surface area contributed by atoms with Crippen LogP contribution in [0.15, 0.2) is 48.5 Å². The molecule has 2 aromatic carbocycles. The number of benzene rings is 2. The van der Waals surface area contributed by atoms with Crippen LogP contribution < -0.4 is 10.1 Å². The fourth-order valence-electron chi connectivity index (χ4n) is 2.10. The van der Waals surface area contributed by atoms with Crippen molar-refractivity contribution in [2.75, 3.05) is 5.32 Å². The number of para-hydroxylation sites is 2. The molecule has 3 rings (SSSR count). The monoisotopic (exact) mass is 355 g/mol. The zero-order valence-electron chi connectivity index (χ0n) is 11.9. The number of rotatable bonds is 3. The normalized spacial score (nSPS) is 11.5. The van der Waals surface area contributed by atoms with E-state index in [0.717, 1.165) is 17.4 Å². The molecule has 24 heavy (non-hydrogen) atoms. The van der Waals surface area contributed by atoms with Crippen molar-refractivity contribution in [2.45, 2.75) is 6.36 Å². The molecule has 0 aliphatic rings. The number of hydrogen-bond acceptors (Lipinski definition) is 3. The molecule has 8 heteroatoms. The molecule has 0 radical (unpaired) electrons. The van der Waals surface area contributed by atoms with Gasteiger partial charge in [0.1, 0.15) is 5.82 Å². The molecule has 0 aliphatic carbocycles. The van der Waals surface area contributed by atoms with Crippen LogP contribution in [0, 0.1) is 5.82 Å². The molecule has 0 atom stereocenters. The Morgan fingerprint density at radius 1 is 1.08 bits per heavy atom. The van der Waals surface area contributed by atoms with E-state index in [-0.39, 0.29) is 16.0 Å². The Balaban J connectivity index is 1.88. The average molecular weight is 355 g/mol. The molecular formula is C16H9F4NO2S. The number of carbonyl (C=O) groups is 1. The van der Waals surface area contributed by atoms with Gasteiger partial charge in [0.05, 0.1) is 10.6 Å². The van der Waals surface area contributed by atoms with Crippen molar-refractivity contribution >= 4 is 33.0 Å². The summed E-state index contributed by atoms with van der Waals surface area (Å²) in [5.41, 5.74) is -0.127. The van der Waals surface area contributed by atoms with Crippen molar-refractivity contribution in [3.8, 4) is 5.75 Å². The highest BCUT2D eigenvalue weighted by Gasteiger charge is 2.32. The molecule has 0 unspecified atom stereocenters. The van der Waals surface area contributed by atoms with E-state index >= 15 is 0 Å². The molecule has 1 amide bonds. The van der Waals surface area contributed by atoms with Crippen LogP contribution >= 0.6 is 11.3 Å². The first kappa shape index (κ1) is 16.3. The number of halogens is 4. The summed E-state index contributed by atoms with van der Waals surface area (Å²) in [5.74, 6) is -1.64. The van der Waals surface area contributed by atoms with Gasteiger partial charge >= 0.3 is 6.36 Å². The predicted molar refractivity (Wildman–Crippen MR) is 82.9 cm³/mol. The third-order valence-corrected chi connectivity index (χ3v) is 4.19. The summed E-state index contributed by atoms with van der Waals surface area (Å²) < 4.78 is 55.3. The van der Waals surface area contributed by atoms with Crippen molar-refractivity contribution in [1.82, 2.24) is 0 Å². The highest BCUT2D eigenvalue weighted by molar-refractivity contribution is 7.20. The van der Waals surface area contributed by atoms with E-state index in [9.17, 15) is 22.4 Å². The first-order chi connectivity index (χ1) is 11.3. The largest absolute Gasteiger partial charge is 0.573 e. The van der Waals surface area contributed by atoms with Crippen LogP contribution in [0.4, 0.5) is 23.2 Å². The summed E-state index contributed by atoms with van der Waals surface area (Å²) in [5, 5.41) is 2.64. The van der Waals surface area contributed by atoms with Crippen LogP contribution in [0.3, 0.4) is 0 Å². The van der Waals surface area contributed by atoms with Gasteiger partial charge in [0.25, 0.3) is 5.91 Å². The fraction of sp³-hybridized carbons (Fsp3) is 0.0625. The summed E-state index contributed by atoms with van der Waals surface area (Å²) in [6, 6.07) is 11.0. The molecular weight excluding hydrogens is 346 g/mol. The van der Waals surface area contributed by atoms with Crippen LogP contribution in [0.5, 0.6) is 5.75 Å². The van der Waals surface area contributed by atoms with E-state index in [1.807, 2.05) is 0 Å². The Bertz CT molecular complexity index is 904. The summed E-state index contributed by atoms with van der Waals surface area (Å²) in [6.45, 7) is 0. The Labute approximate surface area is 137 Å². The smallest absolute Gasteiger partial charge is 0.404 e. The van der Waals surface area contributed by atoms with Gasteiger partial charge in [-0.05, 0) is 30.3 Å². The second kappa shape index (κ2) is 6.12. The maximum Gasteiger partial charge on any atom is 0.573 e. The molecule has 124 valence electrons. The summed E-state index contributed by atoms with van der Waals surface area (Å²) in [6.07, 6.45) is -4.87. The Morgan fingerprint density at radius 3 is 2.54 bits per heavy atom. The van der Waals surface area contributed by atoms with E-state index in [2.05, 4.69) is 10.1 Å². The minimum absolute atomic E-state index is 0.127. The van der Waals surface area contributed by atoms with Gasteiger partial charge in [-0.2, -0.15) is 0 Å². The number of fused-ring (bicyclic) bond motifs is 1. The standard InChI is InChI=1S/C16H9F4NO2S/c17-10-4-3-7-13-9(10)8-14(24-13)15(22)21-11-5-1-2-6-12(11)23-16(18,19)20/h1-8H,(H,21,22). The van der Waals surface area contributed by atoms with Crippen molar-refractivity contribution in [1.29, 1.82) is 0 Å². The number of amides is 1. The van der Waals surface area contributed by atoms with Crippen molar-refractivity contribution in [3.05, 3.63) is 59.2 Å². The van der Waals surface area contributed by atoms with Crippen LogP contribution in [-0.2, 0) is 0 Å². The van der Waals surface area contributed by atoms with Gasteiger partial charge in [-0.25, -0.2) is 4.39 Å². The minimum atomic E-state index is -4.87. The maximum atomic E-state index is 13.7. The molecule has 1 heterocycles. The maximum absolute atomic E-state index is 13.7. The third-order valence-electron chi connectivity index (χ3n) is 3.09. The topological polar surface area (TPSA) is 38.3 Å². The molecule has 0 spiro atoms. The lowest BCUT2D eigenvalue weighted by molar-refractivity contribution is -0.274. The molecule has 0 saturated heterocycles. The van der Waals surface area contributed by atoms with E-state index in [0.29, 0.717) is 4.70 Å². The number of thiophene rings is 1. The van der Waals surface area contributed by atoms with E-state index < -0.39 is 23.8 Å². The van der Waals surface area contributed by atoms with Crippen LogP contribution in [-0.4, -0.2) is 12.3 Å². The van der Waals surface area contributed by atoms with Gasteiger partial charge in [-0.3, -0.25) is 4.79 Å². The van der Waals surface area contributed by atoms with Crippen LogP contribution in [0.2, 0.25) is 0 Å². The number of anilines is 1. The van der Waals surface area contributed by atoms with Crippen LogP contribution in [0.25, 0.3) is 10.1 Å². The molecule has 1 N–H and O–H groups in total. The summed E-state index contributed by atoms with van der Waals surface area (Å²) in [7, 11) is 0. The van der Waals surface area contributed by atoms with Crippen molar-refractivity contribution in [3.63, 3.8) is 0 Å². The molecule has 3 aromatic rings. The lowest BCUT2D eigenvalue weighted by Gasteiger charge is -2.13. The van der Waals surface area contributed by atoms with Crippen LogP contribution in [0.1, 0.15) is 9.67 Å². The lowest BCUT2D eigenvalue weighted by atomic mass is 10.2. The number of hydrogen-bond donors (Lipinski definition) is 1. The molecule has 0 fully saturated rings. The summed E-state index contributed by atoms with van der Waals surface area (Å²) >= 11 is 1.04. The predicted octanol–water partition coefficient (Wildman–Crippen LogP) is 5.19. The number of carbonyl (C=O) groups excluding carboxylic acids is 1. The first-order valence-corrected chi connectivity index (χ1v) is 7.49. The third kappa shape index (κ3) is 3.48. The van der Waals surface area contributed by atoms with E-state index in [1.54, 1.807) is 6.07 Å². The average Bonchev–Trinajstić information content (AvgIpc) is 2.93. The number of nitrogens with one attached hydrogen (secondary N) is 1. The SMILES string of the molecule is O=C(Nc1ccccc1OC(F)(F)F)c1cc2c(F)cccc2s1. The van der Waals surface area contributed by atoms with Gasteiger partial charge in [0, 0.05) is 10.1 Å². The van der Waals surface area contributed by atoms with Gasteiger partial charge in [-0.1, -0.05) is 18.2 Å².